The Balaban J connectivity index is 2.29. The van der Waals surface area contributed by atoms with Crippen molar-refractivity contribution in [2.24, 2.45) is 5.84 Å². The highest BCUT2D eigenvalue weighted by Gasteiger charge is 2.16. The first-order chi connectivity index (χ1) is 8.22. The summed E-state index contributed by atoms with van der Waals surface area (Å²) in [6, 6.07) is 1.68. The number of hydrazine groups is 1. The average molecular weight is 293 g/mol. The second-order valence-electron chi connectivity index (χ2n) is 3.72. The molecule has 0 atom stereocenters. The number of halogens is 2. The lowest BCUT2D eigenvalue weighted by Crippen LogP contribution is -2.27. The van der Waals surface area contributed by atoms with Gasteiger partial charge in [0.05, 0.1) is 10.0 Å². The number of hydrogen-bond acceptors (Lipinski definition) is 5. The summed E-state index contributed by atoms with van der Waals surface area (Å²) in [5, 5.41) is 1.01. The SMILES string of the molecule is NNc1nc(N2CCCSCC2)c(Cl)cc1Cl. The molecule has 94 valence electrons. The van der Waals surface area contributed by atoms with E-state index in [1.54, 1.807) is 6.07 Å². The van der Waals surface area contributed by atoms with E-state index >= 15 is 0 Å². The van der Waals surface area contributed by atoms with Crippen molar-refractivity contribution in [3.8, 4) is 0 Å². The maximum atomic E-state index is 6.18. The van der Waals surface area contributed by atoms with Crippen LogP contribution in [-0.2, 0) is 0 Å². The van der Waals surface area contributed by atoms with Crippen LogP contribution in [0.5, 0.6) is 0 Å². The van der Waals surface area contributed by atoms with Crippen LogP contribution in [0.4, 0.5) is 11.6 Å². The topological polar surface area (TPSA) is 54.2 Å². The molecule has 1 aliphatic rings. The zero-order valence-electron chi connectivity index (χ0n) is 9.25. The van der Waals surface area contributed by atoms with Gasteiger partial charge in [0, 0.05) is 18.8 Å². The van der Waals surface area contributed by atoms with E-state index in [9.17, 15) is 0 Å². The molecule has 0 unspecified atom stereocenters. The zero-order valence-corrected chi connectivity index (χ0v) is 11.6. The first-order valence-electron chi connectivity index (χ1n) is 5.37. The predicted octanol–water partition coefficient (Wildman–Crippen LogP) is 2.62. The lowest BCUT2D eigenvalue weighted by atomic mass is 10.3. The molecular formula is C10H14Cl2N4S. The fourth-order valence-electron chi connectivity index (χ4n) is 1.74. The summed E-state index contributed by atoms with van der Waals surface area (Å²) in [5.74, 6) is 8.86. The minimum atomic E-state index is 0.436. The monoisotopic (exact) mass is 292 g/mol. The van der Waals surface area contributed by atoms with E-state index in [2.05, 4.69) is 15.3 Å². The Hall–Kier alpha value is -0.360. The molecule has 1 aliphatic heterocycles. The van der Waals surface area contributed by atoms with Crippen molar-refractivity contribution in [3.63, 3.8) is 0 Å². The number of pyridine rings is 1. The van der Waals surface area contributed by atoms with E-state index in [-0.39, 0.29) is 0 Å². The van der Waals surface area contributed by atoms with Gasteiger partial charge in [-0.25, -0.2) is 10.8 Å². The van der Waals surface area contributed by atoms with Gasteiger partial charge in [-0.3, -0.25) is 0 Å². The Kier molecular flexibility index (Phi) is 4.62. The zero-order chi connectivity index (χ0) is 12.3. The number of nitrogens with zero attached hydrogens (tertiary/aromatic N) is 2. The molecule has 1 fully saturated rings. The molecule has 2 rings (SSSR count). The number of thioether (sulfide) groups is 1. The Bertz CT molecular complexity index is 394. The van der Waals surface area contributed by atoms with Crippen molar-refractivity contribution in [2.45, 2.75) is 6.42 Å². The van der Waals surface area contributed by atoms with Gasteiger partial charge in [0.15, 0.2) is 5.82 Å². The van der Waals surface area contributed by atoms with Gasteiger partial charge in [-0.1, -0.05) is 23.2 Å². The molecule has 1 aromatic heterocycles. The highest BCUT2D eigenvalue weighted by atomic mass is 35.5. The predicted molar refractivity (Wildman–Crippen MR) is 76.2 cm³/mol. The van der Waals surface area contributed by atoms with Gasteiger partial charge in [-0.15, -0.1) is 0 Å². The Morgan fingerprint density at radius 3 is 2.88 bits per heavy atom. The number of rotatable bonds is 2. The third-order valence-corrected chi connectivity index (χ3v) is 4.18. The number of hydrogen-bond donors (Lipinski definition) is 2. The first-order valence-corrected chi connectivity index (χ1v) is 7.29. The van der Waals surface area contributed by atoms with Gasteiger partial charge >= 0.3 is 0 Å². The van der Waals surface area contributed by atoms with Gasteiger partial charge < -0.3 is 10.3 Å². The standard InChI is InChI=1S/C10H14Cl2N4S/c11-7-6-8(12)10(14-9(7)15-13)16-2-1-4-17-5-3-16/h6H,1-5,13H2,(H,14,15). The summed E-state index contributed by atoms with van der Waals surface area (Å²) in [7, 11) is 0. The van der Waals surface area contributed by atoms with Crippen molar-refractivity contribution >= 4 is 46.6 Å². The molecule has 1 aromatic rings. The lowest BCUT2D eigenvalue weighted by molar-refractivity contribution is 0.802. The molecule has 0 radical (unpaired) electrons. The maximum absolute atomic E-state index is 6.18. The second-order valence-corrected chi connectivity index (χ2v) is 5.76. The van der Waals surface area contributed by atoms with Crippen molar-refractivity contribution in [1.82, 2.24) is 4.98 Å². The number of nitrogens with one attached hydrogen (secondary N) is 1. The molecule has 7 heteroatoms. The third-order valence-electron chi connectivity index (χ3n) is 2.57. The van der Waals surface area contributed by atoms with Crippen molar-refractivity contribution in [1.29, 1.82) is 0 Å². The number of nitrogens with two attached hydrogens (primary N) is 1. The van der Waals surface area contributed by atoms with Gasteiger partial charge in [-0.2, -0.15) is 11.8 Å². The fraction of sp³-hybridized carbons (Fsp3) is 0.500. The molecule has 3 N–H and O–H groups in total. The van der Waals surface area contributed by atoms with Crippen LogP contribution in [0.2, 0.25) is 10.0 Å². The van der Waals surface area contributed by atoms with E-state index in [0.29, 0.717) is 15.9 Å². The Labute approximate surface area is 115 Å². The molecule has 1 saturated heterocycles. The molecule has 0 bridgehead atoms. The average Bonchev–Trinajstić information content (AvgIpc) is 2.58. The number of aromatic nitrogens is 1. The molecule has 0 aromatic carbocycles. The summed E-state index contributed by atoms with van der Waals surface area (Å²) in [6.45, 7) is 1.91. The van der Waals surface area contributed by atoms with E-state index in [1.807, 2.05) is 11.8 Å². The van der Waals surface area contributed by atoms with Crippen molar-refractivity contribution < 1.29 is 0 Å². The summed E-state index contributed by atoms with van der Waals surface area (Å²) in [5.41, 5.74) is 2.48. The summed E-state index contributed by atoms with van der Waals surface area (Å²) >= 11 is 14.1. The first kappa shape index (κ1) is 13.1. The molecule has 17 heavy (non-hydrogen) atoms. The van der Waals surface area contributed by atoms with Gasteiger partial charge in [0.1, 0.15) is 5.82 Å². The Morgan fingerprint density at radius 1 is 1.29 bits per heavy atom. The highest BCUT2D eigenvalue weighted by molar-refractivity contribution is 7.99. The Morgan fingerprint density at radius 2 is 2.12 bits per heavy atom. The molecular weight excluding hydrogens is 279 g/mol. The van der Waals surface area contributed by atoms with Crippen LogP contribution in [0.25, 0.3) is 0 Å². The molecule has 2 heterocycles. The van der Waals surface area contributed by atoms with Gasteiger partial charge in [-0.05, 0) is 18.2 Å². The van der Waals surface area contributed by atoms with E-state index in [4.69, 9.17) is 29.0 Å². The van der Waals surface area contributed by atoms with Crippen LogP contribution in [0, 0.1) is 0 Å². The van der Waals surface area contributed by atoms with Crippen LogP contribution in [-0.4, -0.2) is 29.6 Å². The minimum Gasteiger partial charge on any atom is -0.354 e. The largest absolute Gasteiger partial charge is 0.354 e. The van der Waals surface area contributed by atoms with Crippen LogP contribution in [0.1, 0.15) is 6.42 Å². The summed E-state index contributed by atoms with van der Waals surface area (Å²) in [6.07, 6.45) is 1.14. The second kappa shape index (κ2) is 6.00. The third kappa shape index (κ3) is 3.10. The van der Waals surface area contributed by atoms with Crippen LogP contribution in [0.15, 0.2) is 6.07 Å². The van der Waals surface area contributed by atoms with E-state index in [1.165, 1.54) is 5.75 Å². The smallest absolute Gasteiger partial charge is 0.161 e. The highest BCUT2D eigenvalue weighted by Crippen LogP contribution is 2.31. The summed E-state index contributed by atoms with van der Waals surface area (Å²) < 4.78 is 0. The number of nitrogen functional groups attached to an aromatic ring is 1. The molecule has 0 aliphatic carbocycles. The molecule has 4 nitrogen and oxygen atoms in total. The van der Waals surface area contributed by atoms with Crippen LogP contribution >= 0.6 is 35.0 Å². The lowest BCUT2D eigenvalue weighted by Gasteiger charge is -2.23. The van der Waals surface area contributed by atoms with Crippen LogP contribution in [0.3, 0.4) is 0 Å². The minimum absolute atomic E-state index is 0.436. The maximum Gasteiger partial charge on any atom is 0.161 e. The van der Waals surface area contributed by atoms with E-state index in [0.717, 1.165) is 31.1 Å². The van der Waals surface area contributed by atoms with Crippen molar-refractivity contribution in [2.75, 3.05) is 34.9 Å². The number of anilines is 2. The van der Waals surface area contributed by atoms with Crippen LogP contribution < -0.4 is 16.2 Å². The normalized spacial score (nSPS) is 16.8. The quantitative estimate of drug-likeness (QED) is 0.648. The van der Waals surface area contributed by atoms with Crippen molar-refractivity contribution in [3.05, 3.63) is 16.1 Å². The van der Waals surface area contributed by atoms with Gasteiger partial charge in [0.2, 0.25) is 0 Å². The molecule has 0 spiro atoms. The fourth-order valence-corrected chi connectivity index (χ4v) is 3.16. The van der Waals surface area contributed by atoms with E-state index < -0.39 is 0 Å². The molecule has 0 amide bonds. The molecule has 0 saturated carbocycles. The van der Waals surface area contributed by atoms with Gasteiger partial charge in [0.25, 0.3) is 0 Å². The summed E-state index contributed by atoms with van der Waals surface area (Å²) in [4.78, 5) is 6.55.